The first-order valence-electron chi connectivity index (χ1n) is 8.63. The standard InChI is InChI=1S/C21H28N2O.ClH/c1-17(16-22)23(2)21(24)15-20(13-18-9-5-3-6-10-18)14-19-11-7-4-8-12-19;/h3-12,17,20H,13-16,22H2,1-2H3;1H. The van der Waals surface area contributed by atoms with Crippen molar-refractivity contribution in [1.29, 1.82) is 0 Å². The molecule has 0 saturated heterocycles. The van der Waals surface area contributed by atoms with E-state index < -0.39 is 0 Å². The van der Waals surface area contributed by atoms with Crippen molar-refractivity contribution in [2.24, 2.45) is 11.7 Å². The molecular formula is C21H29ClN2O. The Labute approximate surface area is 157 Å². The number of nitrogens with two attached hydrogens (primary N) is 1. The molecule has 1 atom stereocenters. The average molecular weight is 361 g/mol. The first-order valence-corrected chi connectivity index (χ1v) is 8.63. The number of likely N-dealkylation sites (N-methyl/N-ethyl adjacent to an activating group) is 1. The van der Waals surface area contributed by atoms with Crippen LogP contribution in [0.1, 0.15) is 24.5 Å². The fraction of sp³-hybridized carbons (Fsp3) is 0.381. The van der Waals surface area contributed by atoms with Crippen LogP contribution in [0.4, 0.5) is 0 Å². The van der Waals surface area contributed by atoms with Crippen molar-refractivity contribution >= 4 is 18.3 Å². The monoisotopic (exact) mass is 360 g/mol. The van der Waals surface area contributed by atoms with Crippen molar-refractivity contribution in [3.05, 3.63) is 71.8 Å². The molecule has 0 aromatic heterocycles. The Kier molecular flexibility index (Phi) is 9.25. The third kappa shape index (κ3) is 6.89. The summed E-state index contributed by atoms with van der Waals surface area (Å²) in [6.07, 6.45) is 2.36. The summed E-state index contributed by atoms with van der Waals surface area (Å²) in [6.45, 7) is 2.48. The zero-order valence-corrected chi connectivity index (χ0v) is 15.9. The molecule has 25 heavy (non-hydrogen) atoms. The SMILES string of the molecule is CC(CN)N(C)C(=O)CC(Cc1ccccc1)Cc1ccccc1.Cl. The number of halogens is 1. The lowest BCUT2D eigenvalue weighted by molar-refractivity contribution is -0.132. The van der Waals surface area contributed by atoms with Crippen LogP contribution < -0.4 is 5.73 Å². The highest BCUT2D eigenvalue weighted by Crippen LogP contribution is 2.19. The molecule has 0 saturated carbocycles. The second-order valence-electron chi connectivity index (χ2n) is 6.54. The Morgan fingerprint density at radius 2 is 1.40 bits per heavy atom. The normalized spacial score (nSPS) is 11.7. The van der Waals surface area contributed by atoms with Crippen molar-refractivity contribution in [3.63, 3.8) is 0 Å². The van der Waals surface area contributed by atoms with Crippen LogP contribution in [-0.4, -0.2) is 30.4 Å². The number of nitrogens with zero attached hydrogens (tertiary/aromatic N) is 1. The van der Waals surface area contributed by atoms with Gasteiger partial charge >= 0.3 is 0 Å². The molecule has 1 amide bonds. The molecule has 0 aliphatic carbocycles. The topological polar surface area (TPSA) is 46.3 Å². The predicted octanol–water partition coefficient (Wildman–Crippen LogP) is 3.71. The van der Waals surface area contributed by atoms with Crippen molar-refractivity contribution in [1.82, 2.24) is 4.90 Å². The summed E-state index contributed by atoms with van der Waals surface area (Å²) in [6, 6.07) is 20.9. The number of carbonyl (C=O) groups excluding carboxylic acids is 1. The quantitative estimate of drug-likeness (QED) is 0.780. The molecule has 2 aromatic carbocycles. The molecule has 0 aliphatic rings. The highest BCUT2D eigenvalue weighted by Gasteiger charge is 2.20. The third-order valence-corrected chi connectivity index (χ3v) is 4.59. The zero-order valence-electron chi connectivity index (χ0n) is 15.1. The zero-order chi connectivity index (χ0) is 17.4. The van der Waals surface area contributed by atoms with Crippen LogP contribution in [0, 0.1) is 5.92 Å². The summed E-state index contributed by atoms with van der Waals surface area (Å²) in [4.78, 5) is 14.4. The second-order valence-corrected chi connectivity index (χ2v) is 6.54. The molecule has 1 unspecified atom stereocenters. The van der Waals surface area contributed by atoms with Gasteiger partial charge in [-0.25, -0.2) is 0 Å². The van der Waals surface area contributed by atoms with E-state index in [2.05, 4.69) is 48.5 Å². The van der Waals surface area contributed by atoms with E-state index in [0.29, 0.717) is 13.0 Å². The minimum absolute atomic E-state index is 0. The molecular weight excluding hydrogens is 332 g/mol. The van der Waals surface area contributed by atoms with Crippen molar-refractivity contribution in [2.45, 2.75) is 32.2 Å². The van der Waals surface area contributed by atoms with Crippen LogP contribution in [0.25, 0.3) is 0 Å². The molecule has 2 aromatic rings. The predicted molar refractivity (Wildman–Crippen MR) is 107 cm³/mol. The Morgan fingerprint density at radius 3 is 1.80 bits per heavy atom. The molecule has 0 fully saturated rings. The molecule has 0 spiro atoms. The maximum Gasteiger partial charge on any atom is 0.222 e. The molecule has 4 heteroatoms. The Bertz CT molecular complexity index is 577. The maximum absolute atomic E-state index is 12.6. The first-order chi connectivity index (χ1) is 11.6. The summed E-state index contributed by atoms with van der Waals surface area (Å²) in [5.74, 6) is 0.458. The van der Waals surface area contributed by atoms with E-state index in [9.17, 15) is 4.79 Å². The van der Waals surface area contributed by atoms with Gasteiger partial charge in [0.1, 0.15) is 0 Å². The van der Waals surface area contributed by atoms with Gasteiger partial charge in [0.15, 0.2) is 0 Å². The molecule has 0 bridgehead atoms. The number of rotatable bonds is 8. The van der Waals surface area contributed by atoms with Gasteiger partial charge in [0, 0.05) is 26.1 Å². The van der Waals surface area contributed by atoms with E-state index in [0.717, 1.165) is 12.8 Å². The van der Waals surface area contributed by atoms with Crippen molar-refractivity contribution in [3.8, 4) is 0 Å². The van der Waals surface area contributed by atoms with Crippen LogP contribution in [0.2, 0.25) is 0 Å². The second kappa shape index (κ2) is 10.9. The lowest BCUT2D eigenvalue weighted by Gasteiger charge is -2.26. The molecule has 136 valence electrons. The van der Waals surface area contributed by atoms with Gasteiger partial charge in [-0.2, -0.15) is 0 Å². The lowest BCUT2D eigenvalue weighted by Crippen LogP contribution is -2.40. The van der Waals surface area contributed by atoms with Gasteiger partial charge in [-0.1, -0.05) is 60.7 Å². The van der Waals surface area contributed by atoms with E-state index in [1.54, 1.807) is 4.90 Å². The molecule has 3 nitrogen and oxygen atoms in total. The van der Waals surface area contributed by atoms with Gasteiger partial charge in [-0.15, -0.1) is 12.4 Å². The number of hydrogen-bond donors (Lipinski definition) is 1. The van der Waals surface area contributed by atoms with Gasteiger partial charge < -0.3 is 10.6 Å². The van der Waals surface area contributed by atoms with E-state index >= 15 is 0 Å². The number of amides is 1. The van der Waals surface area contributed by atoms with Crippen LogP contribution in [-0.2, 0) is 17.6 Å². The van der Waals surface area contributed by atoms with Gasteiger partial charge in [0.05, 0.1) is 0 Å². The summed E-state index contributed by atoms with van der Waals surface area (Å²) >= 11 is 0. The Morgan fingerprint density at radius 1 is 0.960 bits per heavy atom. The van der Waals surface area contributed by atoms with E-state index in [-0.39, 0.29) is 30.3 Å². The van der Waals surface area contributed by atoms with E-state index in [4.69, 9.17) is 5.73 Å². The minimum atomic E-state index is 0. The maximum atomic E-state index is 12.6. The number of hydrogen-bond acceptors (Lipinski definition) is 2. The van der Waals surface area contributed by atoms with E-state index in [1.807, 2.05) is 26.1 Å². The smallest absolute Gasteiger partial charge is 0.222 e. The van der Waals surface area contributed by atoms with Crippen LogP contribution >= 0.6 is 12.4 Å². The molecule has 0 heterocycles. The average Bonchev–Trinajstić information content (AvgIpc) is 2.62. The van der Waals surface area contributed by atoms with Crippen LogP contribution in [0.15, 0.2) is 60.7 Å². The van der Waals surface area contributed by atoms with E-state index in [1.165, 1.54) is 11.1 Å². The molecule has 0 radical (unpaired) electrons. The van der Waals surface area contributed by atoms with Gasteiger partial charge in [0.25, 0.3) is 0 Å². The van der Waals surface area contributed by atoms with Gasteiger partial charge in [-0.3, -0.25) is 4.79 Å². The fourth-order valence-electron chi connectivity index (χ4n) is 2.91. The molecule has 2 N–H and O–H groups in total. The number of carbonyl (C=O) groups is 1. The van der Waals surface area contributed by atoms with Crippen LogP contribution in [0.5, 0.6) is 0 Å². The van der Waals surface area contributed by atoms with Crippen molar-refractivity contribution < 1.29 is 4.79 Å². The third-order valence-electron chi connectivity index (χ3n) is 4.59. The van der Waals surface area contributed by atoms with Gasteiger partial charge in [-0.05, 0) is 36.8 Å². The molecule has 2 rings (SSSR count). The largest absolute Gasteiger partial charge is 0.342 e. The summed E-state index contributed by atoms with van der Waals surface area (Å²) < 4.78 is 0. The highest BCUT2D eigenvalue weighted by molar-refractivity contribution is 5.85. The Balaban J connectivity index is 0.00000312. The molecule has 0 aliphatic heterocycles. The van der Waals surface area contributed by atoms with Gasteiger partial charge in [0.2, 0.25) is 5.91 Å². The lowest BCUT2D eigenvalue weighted by atomic mass is 9.89. The minimum Gasteiger partial charge on any atom is -0.342 e. The van der Waals surface area contributed by atoms with Crippen molar-refractivity contribution in [2.75, 3.05) is 13.6 Å². The fourth-order valence-corrected chi connectivity index (χ4v) is 2.91. The Hall–Kier alpha value is -1.84. The highest BCUT2D eigenvalue weighted by atomic mass is 35.5. The van der Waals surface area contributed by atoms with Crippen LogP contribution in [0.3, 0.4) is 0 Å². The summed E-state index contributed by atoms with van der Waals surface area (Å²) in [5.41, 5.74) is 8.25. The number of benzene rings is 2. The first kappa shape index (κ1) is 21.2. The summed E-state index contributed by atoms with van der Waals surface area (Å²) in [7, 11) is 1.85. The summed E-state index contributed by atoms with van der Waals surface area (Å²) in [5, 5.41) is 0.